The molecule has 0 saturated heterocycles. The van der Waals surface area contributed by atoms with Crippen molar-refractivity contribution in [2.45, 2.75) is 20.1 Å². The number of nitrogens with zero attached hydrogens (tertiary/aromatic N) is 6. The van der Waals surface area contributed by atoms with Crippen LogP contribution in [0.25, 0.3) is 17.3 Å². The van der Waals surface area contributed by atoms with Crippen molar-refractivity contribution in [1.82, 2.24) is 29.0 Å². The second-order valence-electron chi connectivity index (χ2n) is 6.43. The third-order valence-electron chi connectivity index (χ3n) is 4.20. The van der Waals surface area contributed by atoms with Crippen molar-refractivity contribution in [3.63, 3.8) is 0 Å². The van der Waals surface area contributed by atoms with E-state index in [0.717, 1.165) is 29.1 Å². The summed E-state index contributed by atoms with van der Waals surface area (Å²) in [4.78, 5) is 13.6. The lowest BCUT2D eigenvalue weighted by Gasteiger charge is -2.10. The van der Waals surface area contributed by atoms with Crippen LogP contribution in [0.3, 0.4) is 0 Å². The number of aryl methyl sites for hydroxylation is 1. The summed E-state index contributed by atoms with van der Waals surface area (Å²) in [7, 11) is 2.01. The second kappa shape index (κ2) is 6.20. The number of rotatable bonds is 4. The van der Waals surface area contributed by atoms with E-state index in [0.29, 0.717) is 5.78 Å². The summed E-state index contributed by atoms with van der Waals surface area (Å²) in [6.45, 7) is 4.24. The Kier molecular flexibility index (Phi) is 3.87. The van der Waals surface area contributed by atoms with Crippen molar-refractivity contribution < 1.29 is 0 Å². The highest BCUT2D eigenvalue weighted by atomic mass is 15.3. The van der Waals surface area contributed by atoms with E-state index in [1.165, 1.54) is 5.56 Å². The topological polar surface area (TPSA) is 60.9 Å². The molecule has 0 unspecified atom stereocenters. The van der Waals surface area contributed by atoms with Crippen molar-refractivity contribution in [3.8, 4) is 11.5 Å². The van der Waals surface area contributed by atoms with Crippen LogP contribution in [0, 0.1) is 6.92 Å². The molecular weight excluding hydrogens is 310 g/mol. The van der Waals surface area contributed by atoms with Gasteiger partial charge in [0.15, 0.2) is 5.82 Å². The highest BCUT2D eigenvalue weighted by Gasteiger charge is 2.21. The maximum absolute atomic E-state index is 4.62. The Morgan fingerprint density at radius 3 is 2.72 bits per heavy atom. The Morgan fingerprint density at radius 1 is 1.12 bits per heavy atom. The van der Waals surface area contributed by atoms with E-state index in [1.807, 2.05) is 48.4 Å². The molecule has 0 bridgehead atoms. The molecule has 4 rings (SSSR count). The fourth-order valence-electron chi connectivity index (χ4n) is 3.05. The molecule has 0 aliphatic rings. The quantitative estimate of drug-likeness (QED) is 0.520. The number of aromatic nitrogens is 6. The first-order valence-corrected chi connectivity index (χ1v) is 8.39. The molecule has 0 aliphatic heterocycles. The van der Waals surface area contributed by atoms with Gasteiger partial charge in [-0.15, -0.1) is 0 Å². The molecule has 3 aromatic heterocycles. The first kappa shape index (κ1) is 15.6. The summed E-state index contributed by atoms with van der Waals surface area (Å²) < 4.78 is 3.90. The number of imidazole rings is 1. The first-order valence-electron chi connectivity index (χ1n) is 8.39. The van der Waals surface area contributed by atoms with Gasteiger partial charge in [-0.1, -0.05) is 48.2 Å². The van der Waals surface area contributed by atoms with Crippen LogP contribution >= 0.6 is 0 Å². The van der Waals surface area contributed by atoms with Gasteiger partial charge < -0.3 is 0 Å². The van der Waals surface area contributed by atoms with Crippen molar-refractivity contribution in [2.24, 2.45) is 0 Å². The molecule has 25 heavy (non-hydrogen) atoms. The van der Waals surface area contributed by atoms with E-state index < -0.39 is 0 Å². The minimum atomic E-state index is 0.179. The van der Waals surface area contributed by atoms with E-state index in [1.54, 1.807) is 0 Å². The Bertz CT molecular complexity index is 1020. The summed E-state index contributed by atoms with van der Waals surface area (Å²) in [6, 6.07) is 10.4. The highest BCUT2D eigenvalue weighted by Crippen LogP contribution is 2.18. The summed E-state index contributed by atoms with van der Waals surface area (Å²) in [6.07, 6.45) is 6.69. The van der Waals surface area contributed by atoms with E-state index in [-0.39, 0.29) is 6.85 Å². The fraction of sp³-hybridized carbons (Fsp3) is 0.176. The SMILES string of the molecule is Bc1cnc2nc(-c3nc(C)nn3B(C)Cc3ccccc3)cn2c1. The largest absolute Gasteiger partial charge is 0.292 e. The van der Waals surface area contributed by atoms with Crippen LogP contribution in [0.1, 0.15) is 11.4 Å². The highest BCUT2D eigenvalue weighted by molar-refractivity contribution is 6.55. The van der Waals surface area contributed by atoms with Crippen LogP contribution in [0.5, 0.6) is 0 Å². The van der Waals surface area contributed by atoms with Gasteiger partial charge in [-0.2, -0.15) is 5.10 Å². The van der Waals surface area contributed by atoms with Crippen LogP contribution in [-0.4, -0.2) is 43.7 Å². The van der Waals surface area contributed by atoms with Crippen LogP contribution in [-0.2, 0) is 6.32 Å². The molecule has 0 saturated carbocycles. The zero-order valence-electron chi connectivity index (χ0n) is 14.6. The minimum Gasteiger partial charge on any atom is -0.292 e. The predicted octanol–water partition coefficient (Wildman–Crippen LogP) is 0.806. The van der Waals surface area contributed by atoms with Crippen molar-refractivity contribution >= 4 is 25.9 Å². The van der Waals surface area contributed by atoms with Gasteiger partial charge in [0.05, 0.1) is 0 Å². The molecule has 0 fully saturated rings. The molecule has 3 heterocycles. The zero-order valence-corrected chi connectivity index (χ0v) is 14.6. The maximum atomic E-state index is 4.62. The molecule has 1 aromatic carbocycles. The van der Waals surface area contributed by atoms with Crippen LogP contribution in [0.15, 0.2) is 48.9 Å². The van der Waals surface area contributed by atoms with Crippen LogP contribution in [0.2, 0.25) is 6.82 Å². The lowest BCUT2D eigenvalue weighted by molar-refractivity contribution is 0.922. The van der Waals surface area contributed by atoms with Gasteiger partial charge in [0, 0.05) is 18.6 Å². The van der Waals surface area contributed by atoms with Gasteiger partial charge in [0.25, 0.3) is 6.85 Å². The zero-order chi connectivity index (χ0) is 17.4. The number of benzene rings is 1. The Morgan fingerprint density at radius 2 is 1.92 bits per heavy atom. The van der Waals surface area contributed by atoms with Crippen LogP contribution < -0.4 is 5.46 Å². The number of hydrogen-bond donors (Lipinski definition) is 0. The average Bonchev–Trinajstić information content (AvgIpc) is 3.18. The summed E-state index contributed by atoms with van der Waals surface area (Å²) in [5.41, 5.74) is 3.16. The monoisotopic (exact) mass is 328 g/mol. The van der Waals surface area contributed by atoms with Gasteiger partial charge in [0.2, 0.25) is 5.78 Å². The molecule has 0 atom stereocenters. The first-order chi connectivity index (χ1) is 12.1. The molecule has 0 amide bonds. The van der Waals surface area contributed by atoms with E-state index in [4.69, 9.17) is 0 Å². The smallest absolute Gasteiger partial charge is 0.287 e. The molecule has 0 N–H and O–H groups in total. The van der Waals surface area contributed by atoms with Gasteiger partial charge >= 0.3 is 0 Å². The number of hydrogen-bond acceptors (Lipinski definition) is 4. The maximum Gasteiger partial charge on any atom is 0.287 e. The van der Waals surface area contributed by atoms with E-state index >= 15 is 0 Å². The van der Waals surface area contributed by atoms with Gasteiger partial charge in [-0.3, -0.25) is 8.99 Å². The molecular formula is C17H18B2N6. The lowest BCUT2D eigenvalue weighted by Crippen LogP contribution is -2.26. The van der Waals surface area contributed by atoms with Gasteiger partial charge in [-0.05, 0) is 13.2 Å². The van der Waals surface area contributed by atoms with E-state index in [9.17, 15) is 0 Å². The molecule has 0 aliphatic carbocycles. The van der Waals surface area contributed by atoms with Crippen molar-refractivity contribution in [1.29, 1.82) is 0 Å². The fourth-order valence-corrected chi connectivity index (χ4v) is 3.05. The lowest BCUT2D eigenvalue weighted by atomic mass is 9.60. The normalized spacial score (nSPS) is 11.1. The van der Waals surface area contributed by atoms with Crippen molar-refractivity contribution in [3.05, 3.63) is 60.3 Å². The van der Waals surface area contributed by atoms with Gasteiger partial charge in [-0.25, -0.2) is 15.0 Å². The molecule has 122 valence electrons. The van der Waals surface area contributed by atoms with Gasteiger partial charge in [0.1, 0.15) is 19.4 Å². The third-order valence-corrected chi connectivity index (χ3v) is 4.20. The predicted molar refractivity (Wildman–Crippen MR) is 102 cm³/mol. The Balaban J connectivity index is 1.72. The Hall–Kier alpha value is -2.89. The summed E-state index contributed by atoms with van der Waals surface area (Å²) >= 11 is 0. The molecule has 6 nitrogen and oxygen atoms in total. The van der Waals surface area contributed by atoms with Crippen molar-refractivity contribution in [2.75, 3.05) is 0 Å². The average molecular weight is 328 g/mol. The summed E-state index contributed by atoms with van der Waals surface area (Å²) in [5, 5.41) is 4.61. The Labute approximate surface area is 147 Å². The second-order valence-corrected chi connectivity index (χ2v) is 6.43. The minimum absolute atomic E-state index is 0.179. The standard InChI is InChI=1S/C17H18B2N6/c1-12-21-16(15-11-24-10-14(18)9-20-17(24)22-15)25(23-12)19(2)8-13-6-4-3-5-7-13/h3-7,9-11H,8,18H2,1-2H3. The molecule has 0 spiro atoms. The van der Waals surface area contributed by atoms with Crippen LogP contribution in [0.4, 0.5) is 0 Å². The number of fused-ring (bicyclic) bond motifs is 1. The molecule has 4 aromatic rings. The third kappa shape index (κ3) is 3.07. The molecule has 8 heteroatoms. The molecule has 0 radical (unpaired) electrons. The van der Waals surface area contributed by atoms with E-state index in [2.05, 4.69) is 51.1 Å². The summed E-state index contributed by atoms with van der Waals surface area (Å²) in [5.74, 6) is 2.20.